The largest absolute Gasteiger partial charge is 0.360 e. The van der Waals surface area contributed by atoms with Crippen LogP contribution in [0.15, 0.2) is 41.6 Å². The molecule has 24 heavy (non-hydrogen) atoms. The van der Waals surface area contributed by atoms with Gasteiger partial charge in [-0.3, -0.25) is 4.79 Å². The van der Waals surface area contributed by atoms with E-state index >= 15 is 0 Å². The maximum Gasteiger partial charge on any atom is 0.198 e. The summed E-state index contributed by atoms with van der Waals surface area (Å²) < 4.78 is 7.08. The van der Waals surface area contributed by atoms with Gasteiger partial charge in [-0.2, -0.15) is 5.10 Å². The first-order valence-corrected chi connectivity index (χ1v) is 8.09. The fraction of sp³-hybridized carbons (Fsp3) is 0.333. The molecule has 0 bridgehead atoms. The van der Waals surface area contributed by atoms with Crippen LogP contribution in [0, 0.1) is 6.92 Å². The van der Waals surface area contributed by atoms with Crippen LogP contribution in [0.4, 0.5) is 0 Å². The topological polar surface area (TPSA) is 73.8 Å². The zero-order valence-corrected chi connectivity index (χ0v) is 13.6. The van der Waals surface area contributed by atoms with Crippen LogP contribution >= 0.6 is 0 Å². The van der Waals surface area contributed by atoms with Crippen molar-refractivity contribution in [2.75, 3.05) is 0 Å². The van der Waals surface area contributed by atoms with E-state index in [1.165, 1.54) is 6.33 Å². The minimum Gasteiger partial charge on any atom is -0.360 e. The summed E-state index contributed by atoms with van der Waals surface area (Å²) in [5.74, 6) is 1.02. The molecule has 0 saturated heterocycles. The molecule has 0 aliphatic heterocycles. The molecule has 1 aliphatic rings. The smallest absolute Gasteiger partial charge is 0.198 e. The van der Waals surface area contributed by atoms with Gasteiger partial charge in [0.1, 0.15) is 12.7 Å². The van der Waals surface area contributed by atoms with E-state index in [2.05, 4.69) is 15.2 Å². The summed E-state index contributed by atoms with van der Waals surface area (Å²) in [5.41, 5.74) is 3.26. The highest BCUT2D eigenvalue weighted by atomic mass is 16.5. The van der Waals surface area contributed by atoms with Gasteiger partial charge in [-0.1, -0.05) is 28.9 Å². The fourth-order valence-electron chi connectivity index (χ4n) is 3.00. The highest BCUT2D eigenvalue weighted by Gasteiger charge is 2.33. The first-order valence-electron chi connectivity index (χ1n) is 8.09. The Morgan fingerprint density at radius 2 is 2.17 bits per heavy atom. The van der Waals surface area contributed by atoms with Crippen molar-refractivity contribution in [3.63, 3.8) is 0 Å². The Hall–Kier alpha value is -2.76. The maximum atomic E-state index is 13.1. The van der Waals surface area contributed by atoms with Crippen molar-refractivity contribution in [1.29, 1.82) is 0 Å². The highest BCUT2D eigenvalue weighted by molar-refractivity contribution is 6.10. The van der Waals surface area contributed by atoms with Gasteiger partial charge in [0.15, 0.2) is 11.5 Å². The molecular weight excluding hydrogens is 304 g/mol. The summed E-state index contributed by atoms with van der Waals surface area (Å²) in [6.45, 7) is 4.02. The molecule has 1 fully saturated rings. The van der Waals surface area contributed by atoms with E-state index in [4.69, 9.17) is 4.52 Å². The number of aryl methyl sites for hydroxylation is 1. The van der Waals surface area contributed by atoms with Gasteiger partial charge in [0.25, 0.3) is 0 Å². The fourth-order valence-corrected chi connectivity index (χ4v) is 3.00. The molecule has 1 aromatic carbocycles. The third-order valence-electron chi connectivity index (χ3n) is 4.53. The van der Waals surface area contributed by atoms with E-state index < -0.39 is 0 Å². The van der Waals surface area contributed by atoms with E-state index in [9.17, 15) is 4.79 Å². The average molecular weight is 322 g/mol. The van der Waals surface area contributed by atoms with Gasteiger partial charge in [0, 0.05) is 11.5 Å². The van der Waals surface area contributed by atoms with E-state index in [1.807, 2.05) is 32.0 Å². The van der Waals surface area contributed by atoms with Crippen LogP contribution in [0.25, 0.3) is 0 Å². The number of aromatic nitrogens is 4. The molecule has 0 N–H and O–H groups in total. The van der Waals surface area contributed by atoms with Crippen molar-refractivity contribution in [1.82, 2.24) is 19.9 Å². The molecule has 1 atom stereocenters. The number of rotatable bonds is 5. The second-order valence-corrected chi connectivity index (χ2v) is 6.35. The molecule has 1 unspecified atom stereocenters. The van der Waals surface area contributed by atoms with Crippen molar-refractivity contribution in [2.24, 2.45) is 0 Å². The van der Waals surface area contributed by atoms with Gasteiger partial charge in [-0.05, 0) is 32.3 Å². The molecular formula is C18H18N4O2. The first-order chi connectivity index (χ1) is 11.6. The zero-order chi connectivity index (χ0) is 16.7. The normalized spacial score (nSPS) is 15.4. The molecule has 6 heteroatoms. The summed E-state index contributed by atoms with van der Waals surface area (Å²) >= 11 is 0. The Morgan fingerprint density at radius 3 is 2.88 bits per heavy atom. The van der Waals surface area contributed by atoms with Crippen LogP contribution < -0.4 is 0 Å². The number of carbonyl (C=O) groups is 1. The van der Waals surface area contributed by atoms with Crippen molar-refractivity contribution in [2.45, 2.75) is 38.6 Å². The Labute approximate surface area is 139 Å². The summed E-state index contributed by atoms with van der Waals surface area (Å²) in [5, 5.41) is 8.05. The number of ketones is 1. The standard InChI is InChI=1S/C18H18N4O2/c1-11-3-6-14(15(7-11)12(2)22-10-19-9-20-22)17(23)16-8-21-24-18(16)13-4-5-13/h3,6-10,12-13H,4-5H2,1-2H3. The monoisotopic (exact) mass is 322 g/mol. The number of nitrogens with zero attached hydrogens (tertiary/aromatic N) is 4. The third-order valence-corrected chi connectivity index (χ3v) is 4.53. The van der Waals surface area contributed by atoms with Crippen molar-refractivity contribution in [3.05, 3.63) is 65.1 Å². The lowest BCUT2D eigenvalue weighted by Crippen LogP contribution is -2.14. The van der Waals surface area contributed by atoms with Crippen LogP contribution in [0.2, 0.25) is 0 Å². The summed E-state index contributed by atoms with van der Waals surface area (Å²) in [4.78, 5) is 17.1. The van der Waals surface area contributed by atoms with E-state index in [0.717, 1.165) is 29.7 Å². The maximum absolute atomic E-state index is 13.1. The molecule has 0 spiro atoms. The molecule has 4 rings (SSSR count). The minimum atomic E-state index is -0.0874. The SMILES string of the molecule is Cc1ccc(C(=O)c2cnoc2C2CC2)c(C(C)n2cncn2)c1. The molecule has 1 aliphatic carbocycles. The van der Waals surface area contributed by atoms with Gasteiger partial charge in [0.05, 0.1) is 17.8 Å². The first kappa shape index (κ1) is 14.8. The Kier molecular flexibility index (Phi) is 3.52. The third kappa shape index (κ3) is 2.54. The van der Waals surface area contributed by atoms with Gasteiger partial charge >= 0.3 is 0 Å². The molecule has 2 aromatic heterocycles. The molecule has 0 radical (unpaired) electrons. The van der Waals surface area contributed by atoms with E-state index in [-0.39, 0.29) is 11.8 Å². The van der Waals surface area contributed by atoms with Gasteiger partial charge in [-0.25, -0.2) is 9.67 Å². The summed E-state index contributed by atoms with van der Waals surface area (Å²) in [6.07, 6.45) is 6.83. The Balaban J connectivity index is 1.77. The number of hydrogen-bond acceptors (Lipinski definition) is 5. The van der Waals surface area contributed by atoms with Crippen LogP contribution in [-0.2, 0) is 0 Å². The van der Waals surface area contributed by atoms with Gasteiger partial charge < -0.3 is 4.52 Å². The van der Waals surface area contributed by atoms with Crippen molar-refractivity contribution >= 4 is 5.78 Å². The summed E-state index contributed by atoms with van der Waals surface area (Å²) in [6, 6.07) is 5.78. The second-order valence-electron chi connectivity index (χ2n) is 6.35. The molecule has 122 valence electrons. The van der Waals surface area contributed by atoms with Gasteiger partial charge in [0.2, 0.25) is 0 Å². The predicted molar refractivity (Wildman–Crippen MR) is 86.9 cm³/mol. The van der Waals surface area contributed by atoms with Crippen molar-refractivity contribution < 1.29 is 9.32 Å². The number of hydrogen-bond donors (Lipinski definition) is 0. The van der Waals surface area contributed by atoms with Crippen molar-refractivity contribution in [3.8, 4) is 0 Å². The lowest BCUT2D eigenvalue weighted by molar-refractivity contribution is 0.103. The second kappa shape index (κ2) is 5.70. The van der Waals surface area contributed by atoms with Crippen LogP contribution in [-0.4, -0.2) is 25.7 Å². The molecule has 0 amide bonds. The molecule has 2 heterocycles. The summed E-state index contributed by atoms with van der Waals surface area (Å²) in [7, 11) is 0. The lowest BCUT2D eigenvalue weighted by Gasteiger charge is -2.16. The minimum absolute atomic E-state index is 0.0416. The van der Waals surface area contributed by atoms with E-state index in [1.54, 1.807) is 17.2 Å². The number of carbonyl (C=O) groups excluding carboxylic acids is 1. The Morgan fingerprint density at radius 1 is 1.33 bits per heavy atom. The van der Waals surface area contributed by atoms with Crippen LogP contribution in [0.1, 0.15) is 64.5 Å². The number of benzene rings is 1. The predicted octanol–water partition coefficient (Wildman–Crippen LogP) is 3.29. The average Bonchev–Trinajstić information content (AvgIpc) is 3.10. The van der Waals surface area contributed by atoms with Gasteiger partial charge in [-0.15, -0.1) is 0 Å². The zero-order valence-electron chi connectivity index (χ0n) is 13.6. The van der Waals surface area contributed by atoms with E-state index in [0.29, 0.717) is 17.0 Å². The lowest BCUT2D eigenvalue weighted by atomic mass is 9.93. The molecule has 3 aromatic rings. The molecule has 1 saturated carbocycles. The Bertz CT molecular complexity index is 878. The van der Waals surface area contributed by atoms with Crippen LogP contribution in [0.3, 0.4) is 0 Å². The van der Waals surface area contributed by atoms with Crippen LogP contribution in [0.5, 0.6) is 0 Å². The molecule has 6 nitrogen and oxygen atoms in total. The highest BCUT2D eigenvalue weighted by Crippen LogP contribution is 2.42. The quantitative estimate of drug-likeness (QED) is 0.674.